The van der Waals surface area contributed by atoms with Gasteiger partial charge >= 0.3 is 0 Å². The minimum absolute atomic E-state index is 0.324. The van der Waals surface area contributed by atoms with E-state index in [-0.39, 0.29) is 0 Å². The van der Waals surface area contributed by atoms with Crippen molar-refractivity contribution >= 4 is 0 Å². The molecular formula is C18H34N6O. The molecule has 0 radical (unpaired) electrons. The van der Waals surface area contributed by atoms with Crippen LogP contribution >= 0.6 is 0 Å². The Morgan fingerprint density at radius 1 is 1.12 bits per heavy atom. The first-order chi connectivity index (χ1) is 12.3. The molecule has 7 heteroatoms. The molecule has 0 aromatic carbocycles. The molecule has 1 aromatic rings. The second kappa shape index (κ2) is 9.59. The van der Waals surface area contributed by atoms with E-state index >= 15 is 0 Å². The third-order valence-corrected chi connectivity index (χ3v) is 5.81. The molecule has 0 N–H and O–H groups in total. The molecular weight excluding hydrogens is 316 g/mol. The van der Waals surface area contributed by atoms with Gasteiger partial charge in [-0.15, -0.1) is 5.10 Å². The zero-order valence-electron chi connectivity index (χ0n) is 15.9. The van der Waals surface area contributed by atoms with Crippen LogP contribution in [-0.2, 0) is 11.3 Å². The quantitative estimate of drug-likeness (QED) is 0.716. The SMILES string of the molecule is CCC[C@@H](c1nnnn1CCOC)N1CCN(C2CCCCC2)CC1. The topological polar surface area (TPSA) is 59.3 Å². The molecule has 7 nitrogen and oxygen atoms in total. The number of ether oxygens (including phenoxy) is 1. The molecule has 2 heterocycles. The van der Waals surface area contributed by atoms with E-state index in [0.717, 1.165) is 44.3 Å². The summed E-state index contributed by atoms with van der Waals surface area (Å²) in [5, 5.41) is 12.5. The zero-order valence-corrected chi connectivity index (χ0v) is 15.9. The minimum Gasteiger partial charge on any atom is -0.383 e. The Hall–Kier alpha value is -1.05. The van der Waals surface area contributed by atoms with Crippen molar-refractivity contribution in [2.24, 2.45) is 0 Å². The largest absolute Gasteiger partial charge is 0.383 e. The lowest BCUT2D eigenvalue weighted by atomic mass is 9.93. The second-order valence-corrected chi connectivity index (χ2v) is 7.42. The Bertz CT molecular complexity index is 494. The molecule has 1 saturated carbocycles. The van der Waals surface area contributed by atoms with Crippen molar-refractivity contribution in [3.63, 3.8) is 0 Å². The van der Waals surface area contributed by atoms with E-state index in [1.807, 2.05) is 4.68 Å². The van der Waals surface area contributed by atoms with E-state index in [2.05, 4.69) is 32.2 Å². The Balaban J connectivity index is 1.61. The van der Waals surface area contributed by atoms with Crippen LogP contribution in [0.15, 0.2) is 0 Å². The van der Waals surface area contributed by atoms with E-state index < -0.39 is 0 Å². The maximum Gasteiger partial charge on any atom is 0.168 e. The predicted molar refractivity (Wildman–Crippen MR) is 97.4 cm³/mol. The highest BCUT2D eigenvalue weighted by Crippen LogP contribution is 2.28. The maximum atomic E-state index is 5.20. The average molecular weight is 351 g/mol. The Morgan fingerprint density at radius 2 is 1.88 bits per heavy atom. The molecule has 1 saturated heterocycles. The number of aromatic nitrogens is 4. The summed E-state index contributed by atoms with van der Waals surface area (Å²) < 4.78 is 7.13. The molecule has 3 rings (SSSR count). The van der Waals surface area contributed by atoms with Gasteiger partial charge in [0.05, 0.1) is 19.2 Å². The lowest BCUT2D eigenvalue weighted by Crippen LogP contribution is -2.51. The van der Waals surface area contributed by atoms with Crippen LogP contribution in [0.1, 0.15) is 63.7 Å². The van der Waals surface area contributed by atoms with Gasteiger partial charge in [0.2, 0.25) is 0 Å². The molecule has 1 atom stereocenters. The smallest absolute Gasteiger partial charge is 0.168 e. The summed E-state index contributed by atoms with van der Waals surface area (Å²) in [4.78, 5) is 5.32. The molecule has 2 fully saturated rings. The number of piperazine rings is 1. The van der Waals surface area contributed by atoms with Gasteiger partial charge in [-0.05, 0) is 29.7 Å². The first-order valence-electron chi connectivity index (χ1n) is 10.1. The van der Waals surface area contributed by atoms with Gasteiger partial charge in [0.15, 0.2) is 5.82 Å². The molecule has 2 aliphatic rings. The van der Waals surface area contributed by atoms with Gasteiger partial charge in [-0.1, -0.05) is 32.6 Å². The highest BCUT2D eigenvalue weighted by Gasteiger charge is 2.31. The summed E-state index contributed by atoms with van der Waals surface area (Å²) in [5.74, 6) is 1.00. The number of hydrogen-bond donors (Lipinski definition) is 0. The molecule has 1 aliphatic heterocycles. The van der Waals surface area contributed by atoms with Crippen molar-refractivity contribution in [1.29, 1.82) is 0 Å². The van der Waals surface area contributed by atoms with Crippen LogP contribution in [-0.4, -0.2) is 75.9 Å². The minimum atomic E-state index is 0.324. The van der Waals surface area contributed by atoms with Crippen molar-refractivity contribution in [1.82, 2.24) is 30.0 Å². The van der Waals surface area contributed by atoms with Crippen LogP contribution < -0.4 is 0 Å². The molecule has 142 valence electrons. The summed E-state index contributed by atoms with van der Waals surface area (Å²) in [6.07, 6.45) is 9.30. The van der Waals surface area contributed by atoms with Gasteiger partial charge in [0.25, 0.3) is 0 Å². The van der Waals surface area contributed by atoms with Crippen molar-refractivity contribution in [2.75, 3.05) is 39.9 Å². The molecule has 1 aromatic heterocycles. The fraction of sp³-hybridized carbons (Fsp3) is 0.944. The van der Waals surface area contributed by atoms with E-state index in [0.29, 0.717) is 12.6 Å². The third-order valence-electron chi connectivity index (χ3n) is 5.81. The van der Waals surface area contributed by atoms with E-state index in [1.165, 1.54) is 45.2 Å². The lowest BCUT2D eigenvalue weighted by molar-refractivity contribution is 0.0495. The Labute approximate surface area is 151 Å². The molecule has 0 bridgehead atoms. The number of nitrogens with zero attached hydrogens (tertiary/aromatic N) is 6. The molecule has 1 aliphatic carbocycles. The molecule has 25 heavy (non-hydrogen) atoms. The monoisotopic (exact) mass is 350 g/mol. The number of tetrazole rings is 1. The summed E-state index contributed by atoms with van der Waals surface area (Å²) in [7, 11) is 1.72. The summed E-state index contributed by atoms with van der Waals surface area (Å²) >= 11 is 0. The van der Waals surface area contributed by atoms with Crippen LogP contribution in [0, 0.1) is 0 Å². The van der Waals surface area contributed by atoms with Crippen LogP contribution in [0.3, 0.4) is 0 Å². The zero-order chi connectivity index (χ0) is 17.5. The molecule has 0 amide bonds. The van der Waals surface area contributed by atoms with Gasteiger partial charge in [-0.2, -0.15) is 0 Å². The first-order valence-corrected chi connectivity index (χ1v) is 10.1. The molecule has 0 unspecified atom stereocenters. The van der Waals surface area contributed by atoms with Crippen LogP contribution in [0.5, 0.6) is 0 Å². The third kappa shape index (κ3) is 4.77. The van der Waals surface area contributed by atoms with E-state index in [9.17, 15) is 0 Å². The van der Waals surface area contributed by atoms with Gasteiger partial charge in [0.1, 0.15) is 0 Å². The van der Waals surface area contributed by atoms with E-state index in [1.54, 1.807) is 7.11 Å². The number of methoxy groups -OCH3 is 1. The highest BCUT2D eigenvalue weighted by molar-refractivity contribution is 4.95. The Morgan fingerprint density at radius 3 is 2.56 bits per heavy atom. The van der Waals surface area contributed by atoms with Crippen molar-refractivity contribution in [3.05, 3.63) is 5.82 Å². The van der Waals surface area contributed by atoms with Crippen LogP contribution in [0.4, 0.5) is 0 Å². The maximum absolute atomic E-state index is 5.20. The van der Waals surface area contributed by atoms with Gasteiger partial charge in [-0.25, -0.2) is 4.68 Å². The number of rotatable bonds is 8. The van der Waals surface area contributed by atoms with Gasteiger partial charge in [0, 0.05) is 39.3 Å². The van der Waals surface area contributed by atoms with Gasteiger partial charge in [-0.3, -0.25) is 9.80 Å². The summed E-state index contributed by atoms with van der Waals surface area (Å²) in [5.41, 5.74) is 0. The fourth-order valence-electron chi connectivity index (χ4n) is 4.40. The highest BCUT2D eigenvalue weighted by atomic mass is 16.5. The Kier molecular flexibility index (Phi) is 7.19. The van der Waals surface area contributed by atoms with Crippen LogP contribution in [0.25, 0.3) is 0 Å². The first kappa shape index (κ1) is 18.7. The van der Waals surface area contributed by atoms with Gasteiger partial charge < -0.3 is 4.74 Å². The lowest BCUT2D eigenvalue weighted by Gasteiger charge is -2.43. The predicted octanol–water partition coefficient (Wildman–Crippen LogP) is 2.11. The average Bonchev–Trinajstić information content (AvgIpc) is 3.13. The fourth-order valence-corrected chi connectivity index (χ4v) is 4.40. The van der Waals surface area contributed by atoms with Crippen molar-refractivity contribution < 1.29 is 4.74 Å². The summed E-state index contributed by atoms with van der Waals surface area (Å²) in [6, 6.07) is 1.15. The van der Waals surface area contributed by atoms with Crippen molar-refractivity contribution in [3.8, 4) is 0 Å². The number of hydrogen-bond acceptors (Lipinski definition) is 6. The van der Waals surface area contributed by atoms with Crippen molar-refractivity contribution in [2.45, 2.75) is 70.5 Å². The summed E-state index contributed by atoms with van der Waals surface area (Å²) in [6.45, 7) is 8.23. The molecule has 0 spiro atoms. The van der Waals surface area contributed by atoms with Crippen LogP contribution in [0.2, 0.25) is 0 Å². The second-order valence-electron chi connectivity index (χ2n) is 7.42. The van der Waals surface area contributed by atoms with E-state index in [4.69, 9.17) is 4.74 Å². The standard InChI is InChI=1S/C18H34N6O/c1-3-7-17(18-19-20-21-24(18)14-15-25-2)23-12-10-22(11-13-23)16-8-5-4-6-9-16/h16-17H,3-15H2,1-2H3/t17-/m0/s1. The normalized spacial score (nSPS) is 22.3.